The van der Waals surface area contributed by atoms with Gasteiger partial charge < -0.3 is 10.6 Å². The lowest BCUT2D eigenvalue weighted by atomic mass is 9.84. The van der Waals surface area contributed by atoms with Gasteiger partial charge in [-0.1, -0.05) is 39.0 Å². The molecule has 18 heavy (non-hydrogen) atoms. The number of nitrogens with zero attached hydrogens (tertiary/aromatic N) is 1. The first-order valence-corrected chi connectivity index (χ1v) is 7.02. The highest BCUT2D eigenvalue weighted by Crippen LogP contribution is 2.30. The highest BCUT2D eigenvalue weighted by molar-refractivity contribution is 5.57. The maximum atomic E-state index is 5.95. The molecule has 1 aliphatic heterocycles. The van der Waals surface area contributed by atoms with Gasteiger partial charge in [0.05, 0.1) is 0 Å². The van der Waals surface area contributed by atoms with Gasteiger partial charge in [-0.2, -0.15) is 0 Å². The van der Waals surface area contributed by atoms with Crippen molar-refractivity contribution >= 4 is 5.69 Å². The second-order valence-corrected chi connectivity index (χ2v) is 6.69. The van der Waals surface area contributed by atoms with E-state index in [2.05, 4.69) is 49.9 Å². The molecule has 0 bridgehead atoms. The molecule has 1 unspecified atom stereocenters. The van der Waals surface area contributed by atoms with Crippen LogP contribution in [-0.2, 0) is 6.42 Å². The van der Waals surface area contributed by atoms with Gasteiger partial charge in [0.25, 0.3) is 0 Å². The molecular weight excluding hydrogens is 220 g/mol. The third-order valence-corrected chi connectivity index (χ3v) is 3.70. The van der Waals surface area contributed by atoms with Gasteiger partial charge in [-0.15, -0.1) is 0 Å². The van der Waals surface area contributed by atoms with Crippen molar-refractivity contribution in [2.24, 2.45) is 17.1 Å². The zero-order chi connectivity index (χ0) is 13.2. The summed E-state index contributed by atoms with van der Waals surface area (Å²) in [5, 5.41) is 0. The standard InChI is InChI=1S/C16H26N2/c1-16(2,3)10-13(11-17)12-18-9-8-14-6-4-5-7-15(14)18/h4-7,13H,8-12,17H2,1-3H3. The molecule has 1 aromatic rings. The Kier molecular flexibility index (Phi) is 3.96. The Morgan fingerprint density at radius 3 is 2.67 bits per heavy atom. The van der Waals surface area contributed by atoms with E-state index in [0.717, 1.165) is 19.6 Å². The molecule has 2 rings (SSSR count). The fourth-order valence-corrected chi connectivity index (χ4v) is 3.00. The fourth-order valence-electron chi connectivity index (χ4n) is 3.00. The third-order valence-electron chi connectivity index (χ3n) is 3.70. The van der Waals surface area contributed by atoms with Gasteiger partial charge in [0.1, 0.15) is 0 Å². The van der Waals surface area contributed by atoms with E-state index in [1.807, 2.05) is 0 Å². The molecule has 2 heteroatoms. The van der Waals surface area contributed by atoms with Crippen LogP contribution in [0.5, 0.6) is 0 Å². The Morgan fingerprint density at radius 2 is 2.00 bits per heavy atom. The van der Waals surface area contributed by atoms with Crippen molar-refractivity contribution in [1.82, 2.24) is 0 Å². The number of rotatable bonds is 4. The topological polar surface area (TPSA) is 29.3 Å². The number of hydrogen-bond donors (Lipinski definition) is 1. The van der Waals surface area contributed by atoms with Crippen molar-refractivity contribution in [1.29, 1.82) is 0 Å². The summed E-state index contributed by atoms with van der Waals surface area (Å²) in [5.74, 6) is 0.594. The Bertz CT molecular complexity index is 392. The predicted octanol–water partition coefficient (Wildman–Crippen LogP) is 3.06. The van der Waals surface area contributed by atoms with E-state index in [0.29, 0.717) is 11.3 Å². The van der Waals surface area contributed by atoms with Crippen LogP contribution < -0.4 is 10.6 Å². The average Bonchev–Trinajstić information content (AvgIpc) is 2.70. The number of para-hydroxylation sites is 1. The number of fused-ring (bicyclic) bond motifs is 1. The van der Waals surface area contributed by atoms with Gasteiger partial charge in [-0.05, 0) is 42.3 Å². The first-order chi connectivity index (χ1) is 8.49. The molecule has 1 aromatic carbocycles. The van der Waals surface area contributed by atoms with E-state index in [-0.39, 0.29) is 0 Å². The van der Waals surface area contributed by atoms with Crippen LogP contribution in [0.3, 0.4) is 0 Å². The smallest absolute Gasteiger partial charge is 0.0399 e. The summed E-state index contributed by atoms with van der Waals surface area (Å²) in [6, 6.07) is 8.76. The van der Waals surface area contributed by atoms with Crippen molar-refractivity contribution in [2.45, 2.75) is 33.6 Å². The summed E-state index contributed by atoms with van der Waals surface area (Å²) >= 11 is 0. The van der Waals surface area contributed by atoms with Crippen LogP contribution in [-0.4, -0.2) is 19.6 Å². The zero-order valence-corrected chi connectivity index (χ0v) is 11.9. The molecule has 1 heterocycles. The van der Waals surface area contributed by atoms with Gasteiger partial charge in [-0.3, -0.25) is 0 Å². The fraction of sp³-hybridized carbons (Fsp3) is 0.625. The van der Waals surface area contributed by atoms with Crippen molar-refractivity contribution < 1.29 is 0 Å². The first-order valence-electron chi connectivity index (χ1n) is 7.02. The molecule has 2 N–H and O–H groups in total. The highest BCUT2D eigenvalue weighted by Gasteiger charge is 2.24. The second kappa shape index (κ2) is 5.31. The molecule has 1 aliphatic rings. The molecule has 0 saturated heterocycles. The van der Waals surface area contributed by atoms with E-state index in [4.69, 9.17) is 5.73 Å². The largest absolute Gasteiger partial charge is 0.371 e. The average molecular weight is 246 g/mol. The van der Waals surface area contributed by atoms with Crippen molar-refractivity contribution in [2.75, 3.05) is 24.5 Å². The van der Waals surface area contributed by atoms with E-state index >= 15 is 0 Å². The molecule has 0 spiro atoms. The maximum Gasteiger partial charge on any atom is 0.0399 e. The van der Waals surface area contributed by atoms with E-state index in [1.54, 1.807) is 0 Å². The minimum absolute atomic E-state index is 0.364. The molecule has 0 fully saturated rings. The zero-order valence-electron chi connectivity index (χ0n) is 11.9. The Labute approximate surface area is 111 Å². The lowest BCUT2D eigenvalue weighted by Gasteiger charge is -2.30. The minimum atomic E-state index is 0.364. The molecule has 0 radical (unpaired) electrons. The first kappa shape index (κ1) is 13.4. The highest BCUT2D eigenvalue weighted by atomic mass is 15.1. The lowest BCUT2D eigenvalue weighted by Crippen LogP contribution is -2.34. The van der Waals surface area contributed by atoms with E-state index in [1.165, 1.54) is 24.1 Å². The summed E-state index contributed by atoms with van der Waals surface area (Å²) in [6.45, 7) is 9.94. The summed E-state index contributed by atoms with van der Waals surface area (Å²) in [4.78, 5) is 2.51. The van der Waals surface area contributed by atoms with Crippen LogP contribution in [0.1, 0.15) is 32.8 Å². The summed E-state index contributed by atoms with van der Waals surface area (Å²) in [7, 11) is 0. The minimum Gasteiger partial charge on any atom is -0.371 e. The molecule has 1 atom stereocenters. The summed E-state index contributed by atoms with van der Waals surface area (Å²) in [6.07, 6.45) is 2.38. The quantitative estimate of drug-likeness (QED) is 0.884. The van der Waals surface area contributed by atoms with Crippen LogP contribution >= 0.6 is 0 Å². The van der Waals surface area contributed by atoms with Crippen LogP contribution in [0.15, 0.2) is 24.3 Å². The van der Waals surface area contributed by atoms with Gasteiger partial charge >= 0.3 is 0 Å². The number of nitrogens with two attached hydrogens (primary N) is 1. The van der Waals surface area contributed by atoms with Crippen LogP contribution in [0, 0.1) is 11.3 Å². The van der Waals surface area contributed by atoms with Crippen molar-refractivity contribution in [3.8, 4) is 0 Å². The molecule has 0 aliphatic carbocycles. The van der Waals surface area contributed by atoms with Gasteiger partial charge in [0, 0.05) is 18.8 Å². The Balaban J connectivity index is 2.02. The Morgan fingerprint density at radius 1 is 1.28 bits per heavy atom. The van der Waals surface area contributed by atoms with Crippen molar-refractivity contribution in [3.63, 3.8) is 0 Å². The molecular formula is C16H26N2. The van der Waals surface area contributed by atoms with Gasteiger partial charge in [0.2, 0.25) is 0 Å². The SMILES string of the molecule is CC(C)(C)CC(CN)CN1CCc2ccccc21. The molecule has 2 nitrogen and oxygen atoms in total. The second-order valence-electron chi connectivity index (χ2n) is 6.69. The molecule has 0 amide bonds. The predicted molar refractivity (Wildman–Crippen MR) is 79.0 cm³/mol. The lowest BCUT2D eigenvalue weighted by molar-refractivity contribution is 0.299. The molecule has 100 valence electrons. The molecule has 0 saturated carbocycles. The van der Waals surface area contributed by atoms with Crippen molar-refractivity contribution in [3.05, 3.63) is 29.8 Å². The molecule has 0 aromatic heterocycles. The summed E-state index contributed by atoms with van der Waals surface area (Å²) < 4.78 is 0. The third kappa shape index (κ3) is 3.26. The Hall–Kier alpha value is -1.02. The normalized spacial score (nSPS) is 16.8. The van der Waals surface area contributed by atoms with Crippen LogP contribution in [0.4, 0.5) is 5.69 Å². The van der Waals surface area contributed by atoms with E-state index < -0.39 is 0 Å². The van der Waals surface area contributed by atoms with Gasteiger partial charge in [-0.25, -0.2) is 0 Å². The van der Waals surface area contributed by atoms with Crippen LogP contribution in [0.2, 0.25) is 0 Å². The summed E-state index contributed by atoms with van der Waals surface area (Å²) in [5.41, 5.74) is 9.23. The monoisotopic (exact) mass is 246 g/mol. The van der Waals surface area contributed by atoms with Gasteiger partial charge in [0.15, 0.2) is 0 Å². The number of benzene rings is 1. The van der Waals surface area contributed by atoms with E-state index in [9.17, 15) is 0 Å². The number of hydrogen-bond acceptors (Lipinski definition) is 2. The maximum absolute atomic E-state index is 5.95. The number of anilines is 1. The van der Waals surface area contributed by atoms with Crippen LogP contribution in [0.25, 0.3) is 0 Å².